The molecule has 1 amide bonds. The fourth-order valence-corrected chi connectivity index (χ4v) is 3.69. The summed E-state index contributed by atoms with van der Waals surface area (Å²) in [6.07, 6.45) is -6.05. The molecule has 3 rings (SSSR count). The number of carbonyl (C=O) groups excluding carboxylic acids is 2. The molecule has 1 aliphatic rings. The van der Waals surface area contributed by atoms with Crippen LogP contribution in [-0.2, 0) is 14.3 Å². The van der Waals surface area contributed by atoms with Gasteiger partial charge < -0.3 is 14.8 Å². The minimum Gasteiger partial charge on any atom is -0.465 e. The summed E-state index contributed by atoms with van der Waals surface area (Å²) in [5.74, 6) is -1.17. The van der Waals surface area contributed by atoms with Crippen LogP contribution in [0, 0.1) is 5.92 Å². The van der Waals surface area contributed by atoms with E-state index >= 15 is 0 Å². The number of aliphatic imine (C=N–C) groups is 1. The molecule has 0 saturated heterocycles. The lowest BCUT2D eigenvalue weighted by Crippen LogP contribution is -2.42. The first-order valence-corrected chi connectivity index (χ1v) is 11.3. The summed E-state index contributed by atoms with van der Waals surface area (Å²) in [4.78, 5) is 27.8. The van der Waals surface area contributed by atoms with Gasteiger partial charge in [0.2, 0.25) is 6.35 Å². The Kier molecular flexibility index (Phi) is 8.63. The molecule has 3 atom stereocenters. The van der Waals surface area contributed by atoms with Gasteiger partial charge in [0.15, 0.2) is 11.8 Å². The maximum Gasteiger partial charge on any atom is 0.432 e. The Balaban J connectivity index is 1.65. The largest absolute Gasteiger partial charge is 0.465 e. The van der Waals surface area contributed by atoms with Crippen LogP contribution >= 0.6 is 0 Å². The average molecular weight is 492 g/mol. The van der Waals surface area contributed by atoms with Crippen molar-refractivity contribution in [3.63, 3.8) is 0 Å². The highest BCUT2D eigenvalue weighted by Gasteiger charge is 2.49. The average Bonchev–Trinajstić information content (AvgIpc) is 3.28. The molecule has 0 spiro atoms. The normalized spacial score (nSPS) is 18.6. The summed E-state index contributed by atoms with van der Waals surface area (Å²) < 4.78 is 50.5. The number of methoxy groups -OCH3 is 1. The van der Waals surface area contributed by atoms with Crippen LogP contribution in [0.1, 0.15) is 37.0 Å². The van der Waals surface area contributed by atoms with Gasteiger partial charge in [0.05, 0.1) is 12.7 Å². The van der Waals surface area contributed by atoms with Gasteiger partial charge in [-0.15, -0.1) is 0 Å². The van der Waals surface area contributed by atoms with E-state index in [1.807, 2.05) is 13.8 Å². The first kappa shape index (κ1) is 26.4. The molecule has 10 heteroatoms. The predicted molar refractivity (Wildman–Crippen MR) is 126 cm³/mol. The topological polar surface area (TPSA) is 89.0 Å². The van der Waals surface area contributed by atoms with Crippen molar-refractivity contribution in [3.8, 4) is 11.1 Å². The lowest BCUT2D eigenvalue weighted by Gasteiger charge is -2.17. The molecular weight excluding hydrogens is 463 g/mol. The van der Waals surface area contributed by atoms with Crippen LogP contribution in [0.25, 0.3) is 11.1 Å². The molecule has 0 aliphatic carbocycles. The van der Waals surface area contributed by atoms with E-state index in [2.05, 4.69) is 20.4 Å². The number of nitrogens with zero attached hydrogens (tertiary/aromatic N) is 1. The number of esters is 1. The van der Waals surface area contributed by atoms with E-state index in [9.17, 15) is 22.8 Å². The van der Waals surface area contributed by atoms with Crippen molar-refractivity contribution in [2.45, 2.75) is 45.3 Å². The Labute approximate surface area is 201 Å². The summed E-state index contributed by atoms with van der Waals surface area (Å²) in [7, 11) is 1.30. The number of rotatable bonds is 9. The van der Waals surface area contributed by atoms with Gasteiger partial charge in [-0.25, -0.2) is 9.79 Å². The van der Waals surface area contributed by atoms with Gasteiger partial charge in [-0.1, -0.05) is 44.5 Å². The lowest BCUT2D eigenvalue weighted by atomic mass is 10.0. The fourth-order valence-electron chi connectivity index (χ4n) is 3.69. The molecule has 3 unspecified atom stereocenters. The second kappa shape index (κ2) is 11.5. The number of carbonyl (C=O) groups is 2. The summed E-state index contributed by atoms with van der Waals surface area (Å²) >= 11 is 0. The van der Waals surface area contributed by atoms with Crippen LogP contribution < -0.4 is 10.6 Å². The zero-order chi connectivity index (χ0) is 25.6. The minimum atomic E-state index is -4.80. The molecule has 188 valence electrons. The zero-order valence-corrected chi connectivity index (χ0v) is 19.7. The highest BCUT2D eigenvalue weighted by Crippen LogP contribution is 2.28. The van der Waals surface area contributed by atoms with Crippen LogP contribution in [-0.4, -0.2) is 49.9 Å². The van der Waals surface area contributed by atoms with Gasteiger partial charge in [-0.05, 0) is 47.7 Å². The molecule has 0 aromatic heterocycles. The Morgan fingerprint density at radius 3 is 2.23 bits per heavy atom. The second-order valence-corrected chi connectivity index (χ2v) is 8.32. The molecule has 7 nitrogen and oxygen atoms in total. The lowest BCUT2D eigenvalue weighted by molar-refractivity contribution is -0.127. The maximum absolute atomic E-state index is 13.5. The molecule has 2 aromatic rings. The first-order valence-electron chi connectivity index (χ1n) is 11.3. The van der Waals surface area contributed by atoms with Gasteiger partial charge in [-0.2, -0.15) is 13.2 Å². The molecule has 2 aromatic carbocycles. The second-order valence-electron chi connectivity index (χ2n) is 8.32. The molecule has 0 saturated carbocycles. The van der Waals surface area contributed by atoms with Crippen molar-refractivity contribution in [1.29, 1.82) is 0 Å². The quantitative estimate of drug-likeness (QED) is 0.493. The van der Waals surface area contributed by atoms with E-state index in [0.29, 0.717) is 17.8 Å². The number of benzene rings is 2. The van der Waals surface area contributed by atoms with Crippen molar-refractivity contribution < 1.29 is 32.2 Å². The molecule has 0 fully saturated rings. The highest BCUT2D eigenvalue weighted by atomic mass is 19.4. The van der Waals surface area contributed by atoms with E-state index in [1.165, 1.54) is 7.11 Å². The molecule has 0 bridgehead atoms. The molecule has 1 heterocycles. The van der Waals surface area contributed by atoms with Crippen molar-refractivity contribution >= 4 is 23.3 Å². The van der Waals surface area contributed by atoms with Gasteiger partial charge in [0.25, 0.3) is 5.91 Å². The number of halogens is 3. The third-order valence-electron chi connectivity index (χ3n) is 5.51. The Hall–Kier alpha value is -3.24. The number of amides is 1. The summed E-state index contributed by atoms with van der Waals surface area (Å²) in [5.41, 5.74) is 1.05. The number of nitrogens with one attached hydrogen (secondary N) is 2. The van der Waals surface area contributed by atoms with E-state index in [-0.39, 0.29) is 5.92 Å². The molecule has 35 heavy (non-hydrogen) atoms. The van der Waals surface area contributed by atoms with Crippen molar-refractivity contribution in [3.05, 3.63) is 54.1 Å². The van der Waals surface area contributed by atoms with Crippen LogP contribution in [0.4, 0.5) is 18.9 Å². The summed E-state index contributed by atoms with van der Waals surface area (Å²) in [6, 6.07) is 13.3. The number of alkyl halides is 3. The Morgan fingerprint density at radius 2 is 1.69 bits per heavy atom. The monoisotopic (exact) mass is 491 g/mol. The third kappa shape index (κ3) is 6.89. The number of ether oxygens (including phenoxy) is 2. The smallest absolute Gasteiger partial charge is 0.432 e. The molecule has 1 aliphatic heterocycles. The third-order valence-corrected chi connectivity index (χ3v) is 5.51. The summed E-state index contributed by atoms with van der Waals surface area (Å²) in [6.45, 7) is 4.42. The number of anilines is 1. The standard InChI is InChI=1S/C25H28F3N3O4/c1-4-5-15(2)14-29-24-31-21(25(26,27)28)20(35-24)22(32)30-19-12-10-17(11-13-19)16-6-8-18(9-7-16)23(33)34-3/h6-13,15,20,24,29H,4-5,14H2,1-3H3,(H,30,32). The van der Waals surface area contributed by atoms with Gasteiger partial charge in [0, 0.05) is 12.2 Å². The summed E-state index contributed by atoms with van der Waals surface area (Å²) in [5, 5.41) is 5.31. The van der Waals surface area contributed by atoms with Crippen LogP contribution in [0.15, 0.2) is 53.5 Å². The minimum absolute atomic E-state index is 0.233. The van der Waals surface area contributed by atoms with E-state index in [0.717, 1.165) is 24.0 Å². The van der Waals surface area contributed by atoms with Crippen LogP contribution in [0.5, 0.6) is 0 Å². The van der Waals surface area contributed by atoms with Crippen LogP contribution in [0.3, 0.4) is 0 Å². The first-order chi connectivity index (χ1) is 16.6. The van der Waals surface area contributed by atoms with Gasteiger partial charge >= 0.3 is 12.1 Å². The Bertz CT molecular complexity index is 1050. The van der Waals surface area contributed by atoms with E-state index < -0.39 is 36.2 Å². The SMILES string of the molecule is CCCC(C)CNC1N=C(C(F)(F)F)C(C(=O)Nc2ccc(-c3ccc(C(=O)OC)cc3)cc2)O1. The molecule has 0 radical (unpaired) electrons. The highest BCUT2D eigenvalue weighted by molar-refractivity contribution is 6.14. The van der Waals surface area contributed by atoms with E-state index in [4.69, 9.17) is 4.74 Å². The molecular formula is C25H28F3N3O4. The zero-order valence-electron chi connectivity index (χ0n) is 19.7. The maximum atomic E-state index is 13.5. The van der Waals surface area contributed by atoms with Crippen molar-refractivity contribution in [1.82, 2.24) is 5.32 Å². The van der Waals surface area contributed by atoms with E-state index in [1.54, 1.807) is 48.5 Å². The number of hydrogen-bond donors (Lipinski definition) is 2. The van der Waals surface area contributed by atoms with Gasteiger partial charge in [-0.3, -0.25) is 10.1 Å². The predicted octanol–water partition coefficient (Wildman–Crippen LogP) is 4.79. The van der Waals surface area contributed by atoms with Crippen molar-refractivity contribution in [2.75, 3.05) is 19.0 Å². The fraction of sp³-hybridized carbons (Fsp3) is 0.400. The Morgan fingerprint density at radius 1 is 1.09 bits per heavy atom. The van der Waals surface area contributed by atoms with Crippen LogP contribution in [0.2, 0.25) is 0 Å². The van der Waals surface area contributed by atoms with Gasteiger partial charge in [0.1, 0.15) is 0 Å². The number of hydrogen-bond acceptors (Lipinski definition) is 6. The van der Waals surface area contributed by atoms with Crippen molar-refractivity contribution in [2.24, 2.45) is 10.9 Å². The molecule has 2 N–H and O–H groups in total.